The number of aliphatic hydroxyl groups is 1. The molecule has 1 aliphatic rings. The molecule has 6 nitrogen and oxygen atoms in total. The Balaban J connectivity index is 1.80. The fourth-order valence-corrected chi connectivity index (χ4v) is 2.91. The van der Waals surface area contributed by atoms with E-state index in [-0.39, 0.29) is 29.4 Å². The van der Waals surface area contributed by atoms with E-state index in [0.717, 1.165) is 4.90 Å². The molecule has 0 bridgehead atoms. The average molecular weight is 360 g/mol. The van der Waals surface area contributed by atoms with E-state index < -0.39 is 18.1 Å². The van der Waals surface area contributed by atoms with Crippen LogP contribution in [0.2, 0.25) is 0 Å². The zero-order chi connectivity index (χ0) is 18.5. The molecular formula is C18H14F2N2O4. The molecule has 3 aromatic rings. The summed E-state index contributed by atoms with van der Waals surface area (Å²) >= 11 is 0. The standard InChI is InChI=1S/C18H14F2N2O4/c1-10(23)11-5-4-7-13-16(11)26-18(19,20)17(24)22(13)9-15-21-12-6-2-3-8-14(12)25-15/h2-8,10,23H,9H2,1H3/t10-/m0/s1. The fraction of sp³-hybridized carbons (Fsp3) is 0.222. The van der Waals surface area contributed by atoms with E-state index in [1.54, 1.807) is 30.3 Å². The lowest BCUT2D eigenvalue weighted by molar-refractivity contribution is -0.193. The number of aromatic nitrogens is 1. The molecule has 0 spiro atoms. The lowest BCUT2D eigenvalue weighted by atomic mass is 10.1. The molecule has 2 aromatic carbocycles. The van der Waals surface area contributed by atoms with E-state index >= 15 is 0 Å². The van der Waals surface area contributed by atoms with Gasteiger partial charge < -0.3 is 14.3 Å². The van der Waals surface area contributed by atoms with Gasteiger partial charge in [0.05, 0.1) is 11.8 Å². The van der Waals surface area contributed by atoms with Crippen LogP contribution < -0.4 is 9.64 Å². The van der Waals surface area contributed by atoms with Crippen molar-refractivity contribution in [1.29, 1.82) is 0 Å². The first kappa shape index (κ1) is 16.5. The van der Waals surface area contributed by atoms with Gasteiger partial charge in [0.1, 0.15) is 12.1 Å². The molecule has 1 atom stereocenters. The predicted octanol–water partition coefficient (Wildman–Crippen LogP) is 3.40. The summed E-state index contributed by atoms with van der Waals surface area (Å²) in [6.45, 7) is 1.14. The van der Waals surface area contributed by atoms with Crippen molar-refractivity contribution >= 4 is 22.7 Å². The minimum Gasteiger partial charge on any atom is -0.439 e. The number of ether oxygens (including phenoxy) is 1. The molecule has 0 radical (unpaired) electrons. The summed E-state index contributed by atoms with van der Waals surface area (Å²) in [5.41, 5.74) is 1.35. The smallest absolute Gasteiger partial charge is 0.439 e. The largest absolute Gasteiger partial charge is 0.483 e. The van der Waals surface area contributed by atoms with E-state index in [0.29, 0.717) is 11.1 Å². The molecule has 1 aliphatic heterocycles. The molecule has 8 heteroatoms. The number of halogens is 2. The fourth-order valence-electron chi connectivity index (χ4n) is 2.91. The van der Waals surface area contributed by atoms with Gasteiger partial charge in [-0.1, -0.05) is 24.3 Å². The van der Waals surface area contributed by atoms with E-state index in [1.807, 2.05) is 0 Å². The summed E-state index contributed by atoms with van der Waals surface area (Å²) in [5, 5.41) is 9.83. The van der Waals surface area contributed by atoms with Crippen LogP contribution >= 0.6 is 0 Å². The van der Waals surface area contributed by atoms with Gasteiger partial charge in [-0.05, 0) is 25.1 Å². The lowest BCUT2D eigenvalue weighted by Crippen LogP contribution is -2.50. The van der Waals surface area contributed by atoms with Crippen LogP contribution in [0.5, 0.6) is 5.75 Å². The summed E-state index contributed by atoms with van der Waals surface area (Å²) in [4.78, 5) is 17.3. The molecule has 0 unspecified atom stereocenters. The Morgan fingerprint density at radius 3 is 2.73 bits per heavy atom. The third-order valence-electron chi connectivity index (χ3n) is 4.12. The topological polar surface area (TPSA) is 75.8 Å². The van der Waals surface area contributed by atoms with Gasteiger partial charge >= 0.3 is 12.0 Å². The van der Waals surface area contributed by atoms with Crippen molar-refractivity contribution in [2.24, 2.45) is 0 Å². The predicted molar refractivity (Wildman–Crippen MR) is 87.8 cm³/mol. The van der Waals surface area contributed by atoms with Crippen LogP contribution in [-0.2, 0) is 11.3 Å². The highest BCUT2D eigenvalue weighted by Gasteiger charge is 2.51. The van der Waals surface area contributed by atoms with Crippen LogP contribution in [0.25, 0.3) is 11.1 Å². The third kappa shape index (κ3) is 2.59. The van der Waals surface area contributed by atoms with E-state index in [1.165, 1.54) is 19.1 Å². The molecule has 134 valence electrons. The molecule has 2 heterocycles. The van der Waals surface area contributed by atoms with Crippen molar-refractivity contribution in [3.63, 3.8) is 0 Å². The first-order valence-corrected chi connectivity index (χ1v) is 7.91. The number of aliphatic hydroxyl groups excluding tert-OH is 1. The number of hydrogen-bond donors (Lipinski definition) is 1. The van der Waals surface area contributed by atoms with Gasteiger partial charge in [0.15, 0.2) is 11.3 Å². The number of carbonyl (C=O) groups excluding carboxylic acids is 1. The van der Waals surface area contributed by atoms with Crippen molar-refractivity contribution in [2.75, 3.05) is 4.90 Å². The first-order chi connectivity index (χ1) is 12.4. The molecule has 4 rings (SSSR count). The minimum atomic E-state index is -4.05. The highest BCUT2D eigenvalue weighted by Crippen LogP contribution is 2.44. The normalized spacial score (nSPS) is 17.1. The SMILES string of the molecule is C[C@H](O)c1cccc2c1OC(F)(F)C(=O)N2Cc1nc2ccccc2o1. The monoisotopic (exact) mass is 360 g/mol. The third-order valence-corrected chi connectivity index (χ3v) is 4.12. The molecule has 1 amide bonds. The van der Waals surface area contributed by atoms with Gasteiger partial charge in [0.25, 0.3) is 0 Å². The van der Waals surface area contributed by atoms with Gasteiger partial charge in [-0.2, -0.15) is 8.78 Å². The number of nitrogens with zero attached hydrogens (tertiary/aromatic N) is 2. The van der Waals surface area contributed by atoms with E-state index in [9.17, 15) is 18.7 Å². The van der Waals surface area contributed by atoms with Crippen molar-refractivity contribution in [2.45, 2.75) is 25.7 Å². The number of carbonyl (C=O) groups is 1. The van der Waals surface area contributed by atoms with Gasteiger partial charge in [-0.15, -0.1) is 0 Å². The van der Waals surface area contributed by atoms with E-state index in [2.05, 4.69) is 9.72 Å². The van der Waals surface area contributed by atoms with Crippen LogP contribution in [0.3, 0.4) is 0 Å². The summed E-state index contributed by atoms with van der Waals surface area (Å²) in [6, 6.07) is 11.4. The quantitative estimate of drug-likeness (QED) is 0.775. The number of para-hydroxylation sites is 3. The Kier molecular flexibility index (Phi) is 3.66. The molecule has 0 fully saturated rings. The molecule has 0 aliphatic carbocycles. The number of fused-ring (bicyclic) bond motifs is 2. The number of anilines is 1. The Bertz CT molecular complexity index is 967. The zero-order valence-corrected chi connectivity index (χ0v) is 13.6. The molecule has 1 N–H and O–H groups in total. The maximum absolute atomic E-state index is 14.1. The summed E-state index contributed by atoms with van der Waals surface area (Å²) in [6.07, 6.45) is -5.09. The summed E-state index contributed by atoms with van der Waals surface area (Å²) in [7, 11) is 0. The van der Waals surface area contributed by atoms with Crippen molar-refractivity contribution in [1.82, 2.24) is 4.98 Å². The Morgan fingerprint density at radius 2 is 2.00 bits per heavy atom. The summed E-state index contributed by atoms with van der Waals surface area (Å²) in [5.74, 6) is -1.64. The maximum atomic E-state index is 14.1. The average Bonchev–Trinajstić information content (AvgIpc) is 3.00. The minimum absolute atomic E-state index is 0.116. The highest BCUT2D eigenvalue weighted by atomic mass is 19.3. The highest BCUT2D eigenvalue weighted by molar-refractivity contribution is 6.01. The van der Waals surface area contributed by atoms with Crippen LogP contribution in [0, 0.1) is 0 Å². The number of rotatable bonds is 3. The van der Waals surface area contributed by atoms with E-state index in [4.69, 9.17) is 4.42 Å². The molecule has 0 saturated carbocycles. The van der Waals surface area contributed by atoms with Gasteiger partial charge in [-0.25, -0.2) is 4.98 Å². The second-order valence-electron chi connectivity index (χ2n) is 5.96. The number of amides is 1. The van der Waals surface area contributed by atoms with Crippen molar-refractivity contribution < 1.29 is 27.8 Å². The molecule has 1 aromatic heterocycles. The summed E-state index contributed by atoms with van der Waals surface area (Å²) < 4.78 is 38.4. The number of benzene rings is 2. The van der Waals surface area contributed by atoms with Crippen LogP contribution in [0.4, 0.5) is 14.5 Å². The molecule has 0 saturated heterocycles. The molecular weight excluding hydrogens is 346 g/mol. The Morgan fingerprint density at radius 1 is 1.23 bits per heavy atom. The second-order valence-corrected chi connectivity index (χ2v) is 5.96. The lowest BCUT2D eigenvalue weighted by Gasteiger charge is -2.34. The second kappa shape index (κ2) is 5.77. The van der Waals surface area contributed by atoms with Gasteiger partial charge in [-0.3, -0.25) is 9.69 Å². The number of hydrogen-bond acceptors (Lipinski definition) is 5. The van der Waals surface area contributed by atoms with Crippen LogP contribution in [-0.4, -0.2) is 22.1 Å². The number of oxazole rings is 1. The van der Waals surface area contributed by atoms with Gasteiger partial charge in [0.2, 0.25) is 5.89 Å². The van der Waals surface area contributed by atoms with Crippen LogP contribution in [0.1, 0.15) is 24.5 Å². The zero-order valence-electron chi connectivity index (χ0n) is 13.6. The Hall–Kier alpha value is -3.00. The van der Waals surface area contributed by atoms with Gasteiger partial charge in [0, 0.05) is 5.56 Å². The van der Waals surface area contributed by atoms with Crippen molar-refractivity contribution in [3.05, 3.63) is 53.9 Å². The van der Waals surface area contributed by atoms with Crippen molar-refractivity contribution in [3.8, 4) is 5.75 Å². The molecule has 26 heavy (non-hydrogen) atoms. The maximum Gasteiger partial charge on any atom is 0.483 e. The number of alkyl halides is 2. The first-order valence-electron chi connectivity index (χ1n) is 7.91. The Labute approximate surface area is 146 Å². The van der Waals surface area contributed by atoms with Crippen LogP contribution in [0.15, 0.2) is 46.9 Å².